The van der Waals surface area contributed by atoms with Crippen LogP contribution >= 0.6 is 23.4 Å². The molecule has 4 nitrogen and oxygen atoms in total. The molecule has 21 heavy (non-hydrogen) atoms. The number of thioether (sulfide) groups is 1. The van der Waals surface area contributed by atoms with Gasteiger partial charge >= 0.3 is 5.97 Å². The molecule has 0 spiro atoms. The van der Waals surface area contributed by atoms with E-state index in [9.17, 15) is 9.18 Å². The average Bonchev–Trinajstić information content (AvgIpc) is 2.80. The lowest BCUT2D eigenvalue weighted by atomic mass is 10.1. The summed E-state index contributed by atoms with van der Waals surface area (Å²) >= 11 is 7.15. The summed E-state index contributed by atoms with van der Waals surface area (Å²) < 4.78 is 15.8. The minimum absolute atomic E-state index is 0.0901. The van der Waals surface area contributed by atoms with Crippen LogP contribution in [0.2, 0.25) is 5.02 Å². The van der Waals surface area contributed by atoms with Crippen molar-refractivity contribution in [1.82, 2.24) is 9.55 Å². The van der Waals surface area contributed by atoms with Crippen LogP contribution in [0.4, 0.5) is 4.39 Å². The van der Waals surface area contributed by atoms with Gasteiger partial charge < -0.3 is 5.11 Å². The number of carboxylic acid groups (broad SMARTS) is 1. The zero-order chi connectivity index (χ0) is 15.6. The van der Waals surface area contributed by atoms with Crippen molar-refractivity contribution in [1.29, 1.82) is 0 Å². The molecule has 1 aromatic heterocycles. The number of para-hydroxylation sites is 1. The first-order valence-electron chi connectivity index (χ1n) is 6.28. The summed E-state index contributed by atoms with van der Waals surface area (Å²) in [7, 11) is 0. The van der Waals surface area contributed by atoms with Gasteiger partial charge in [-0.3, -0.25) is 9.36 Å². The van der Waals surface area contributed by atoms with Gasteiger partial charge in [-0.2, -0.15) is 0 Å². The maximum Gasteiger partial charge on any atom is 0.313 e. The maximum absolute atomic E-state index is 14.2. The van der Waals surface area contributed by atoms with Crippen molar-refractivity contribution in [2.24, 2.45) is 0 Å². The van der Waals surface area contributed by atoms with E-state index in [-0.39, 0.29) is 22.4 Å². The molecule has 0 saturated heterocycles. The van der Waals surface area contributed by atoms with Gasteiger partial charge in [0.2, 0.25) is 0 Å². The van der Waals surface area contributed by atoms with Crippen molar-refractivity contribution in [3.63, 3.8) is 0 Å². The minimum Gasteiger partial charge on any atom is -0.481 e. The Morgan fingerprint density at radius 3 is 2.81 bits per heavy atom. The normalized spacial score (nSPS) is 11.1. The molecule has 0 aliphatic rings. The number of halogens is 2. The predicted molar refractivity (Wildman–Crippen MR) is 81.0 cm³/mol. The zero-order valence-corrected chi connectivity index (χ0v) is 13.1. The third-order valence-electron chi connectivity index (χ3n) is 2.83. The molecule has 1 aromatic carbocycles. The van der Waals surface area contributed by atoms with Gasteiger partial charge in [0.15, 0.2) is 5.16 Å². The molecule has 0 bridgehead atoms. The summed E-state index contributed by atoms with van der Waals surface area (Å²) in [6, 6.07) is 4.43. The first-order chi connectivity index (χ1) is 9.91. The van der Waals surface area contributed by atoms with Crippen LogP contribution in [-0.2, 0) is 4.79 Å². The first kappa shape index (κ1) is 15.9. The summed E-state index contributed by atoms with van der Waals surface area (Å²) in [6.07, 6.45) is 1.62. The Hall–Kier alpha value is -1.53. The highest BCUT2D eigenvalue weighted by Crippen LogP contribution is 2.32. The Morgan fingerprint density at radius 2 is 2.24 bits per heavy atom. The van der Waals surface area contributed by atoms with Crippen molar-refractivity contribution in [3.05, 3.63) is 40.9 Å². The molecule has 0 amide bonds. The lowest BCUT2D eigenvalue weighted by Crippen LogP contribution is -2.08. The Morgan fingerprint density at radius 1 is 1.52 bits per heavy atom. The van der Waals surface area contributed by atoms with E-state index in [2.05, 4.69) is 4.98 Å². The third kappa shape index (κ3) is 3.39. The Balaban J connectivity index is 2.58. The molecule has 0 aliphatic carbocycles. The number of carboxylic acids is 1. The van der Waals surface area contributed by atoms with Crippen LogP contribution in [0.1, 0.15) is 25.5 Å². The molecular weight excluding hydrogens is 315 g/mol. The summed E-state index contributed by atoms with van der Waals surface area (Å²) in [4.78, 5) is 14.9. The third-order valence-corrected chi connectivity index (χ3v) is 4.08. The molecule has 0 aliphatic heterocycles. The fourth-order valence-corrected chi connectivity index (χ4v) is 2.86. The molecule has 0 unspecified atom stereocenters. The van der Waals surface area contributed by atoms with Crippen LogP contribution in [0.15, 0.2) is 29.6 Å². The van der Waals surface area contributed by atoms with Crippen LogP contribution in [-0.4, -0.2) is 26.4 Å². The first-order valence-corrected chi connectivity index (χ1v) is 7.64. The van der Waals surface area contributed by atoms with Crippen molar-refractivity contribution in [3.8, 4) is 5.69 Å². The summed E-state index contributed by atoms with van der Waals surface area (Å²) in [6.45, 7) is 3.90. The van der Waals surface area contributed by atoms with Gasteiger partial charge in [-0.1, -0.05) is 43.3 Å². The number of rotatable bonds is 5. The highest BCUT2D eigenvalue weighted by atomic mass is 35.5. The number of carbonyl (C=O) groups is 1. The molecule has 0 atom stereocenters. The summed E-state index contributed by atoms with van der Waals surface area (Å²) in [5, 5.41) is 9.47. The van der Waals surface area contributed by atoms with Crippen LogP contribution in [0, 0.1) is 5.82 Å². The second-order valence-corrected chi connectivity index (χ2v) is 6.06. The van der Waals surface area contributed by atoms with E-state index < -0.39 is 11.8 Å². The number of aromatic nitrogens is 2. The van der Waals surface area contributed by atoms with Gasteiger partial charge in [0.25, 0.3) is 0 Å². The monoisotopic (exact) mass is 328 g/mol. The minimum atomic E-state index is -0.958. The van der Waals surface area contributed by atoms with E-state index in [0.717, 1.165) is 17.5 Å². The standard InChI is InChI=1S/C14H14ClFN2O2S/c1-8(2)11-6-17-14(21-7-12(19)20)18(11)13-9(15)4-3-5-10(13)16/h3-6,8H,7H2,1-2H3,(H,19,20). The Kier molecular flexibility index (Phi) is 4.90. The highest BCUT2D eigenvalue weighted by Gasteiger charge is 2.20. The lowest BCUT2D eigenvalue weighted by molar-refractivity contribution is -0.133. The second kappa shape index (κ2) is 6.49. The van der Waals surface area contributed by atoms with Crippen LogP contribution in [0.3, 0.4) is 0 Å². The fourth-order valence-electron chi connectivity index (χ4n) is 1.91. The highest BCUT2D eigenvalue weighted by molar-refractivity contribution is 7.99. The zero-order valence-electron chi connectivity index (χ0n) is 11.5. The van der Waals surface area contributed by atoms with Crippen LogP contribution in [0.25, 0.3) is 5.69 Å². The number of imidazole rings is 1. The van der Waals surface area contributed by atoms with Crippen molar-refractivity contribution in [2.45, 2.75) is 24.9 Å². The molecule has 1 N–H and O–H groups in total. The van der Waals surface area contributed by atoms with Gasteiger partial charge in [-0.15, -0.1) is 0 Å². The molecule has 0 saturated carbocycles. The van der Waals surface area contributed by atoms with Gasteiger partial charge in [-0.05, 0) is 18.1 Å². The molecule has 112 valence electrons. The number of aliphatic carboxylic acids is 1. The second-order valence-electron chi connectivity index (χ2n) is 4.71. The maximum atomic E-state index is 14.2. The van der Waals surface area contributed by atoms with Crippen molar-refractivity contribution >= 4 is 29.3 Å². The Labute approximate surface area is 130 Å². The summed E-state index contributed by atoms with van der Waals surface area (Å²) in [5.41, 5.74) is 0.975. The van der Waals surface area contributed by atoms with E-state index in [1.165, 1.54) is 12.1 Å². The fraction of sp³-hybridized carbons (Fsp3) is 0.286. The predicted octanol–water partition coefficient (Wildman–Crippen LogP) is 3.96. The largest absolute Gasteiger partial charge is 0.481 e. The number of hydrogen-bond donors (Lipinski definition) is 1. The van der Waals surface area contributed by atoms with E-state index >= 15 is 0 Å². The summed E-state index contributed by atoms with van der Waals surface area (Å²) in [5.74, 6) is -1.49. The molecule has 0 fully saturated rings. The molecule has 2 rings (SSSR count). The van der Waals surface area contributed by atoms with Crippen molar-refractivity contribution in [2.75, 3.05) is 5.75 Å². The molecule has 2 aromatic rings. The van der Waals surface area contributed by atoms with Crippen LogP contribution in [0.5, 0.6) is 0 Å². The molecular formula is C14H14ClFN2O2S. The van der Waals surface area contributed by atoms with Gasteiger partial charge in [0, 0.05) is 5.69 Å². The quantitative estimate of drug-likeness (QED) is 0.844. The van der Waals surface area contributed by atoms with Gasteiger partial charge in [0.05, 0.1) is 17.0 Å². The van der Waals surface area contributed by atoms with E-state index in [1.54, 1.807) is 16.8 Å². The van der Waals surface area contributed by atoms with Crippen LogP contribution < -0.4 is 0 Å². The molecule has 0 radical (unpaired) electrons. The average molecular weight is 329 g/mol. The van der Waals surface area contributed by atoms with Crippen molar-refractivity contribution < 1.29 is 14.3 Å². The smallest absolute Gasteiger partial charge is 0.313 e. The van der Waals surface area contributed by atoms with E-state index in [1.807, 2.05) is 13.8 Å². The topological polar surface area (TPSA) is 55.1 Å². The van der Waals surface area contributed by atoms with E-state index in [4.69, 9.17) is 16.7 Å². The number of hydrogen-bond acceptors (Lipinski definition) is 3. The molecule has 7 heteroatoms. The lowest BCUT2D eigenvalue weighted by Gasteiger charge is -2.15. The van der Waals surface area contributed by atoms with Gasteiger partial charge in [0.1, 0.15) is 11.5 Å². The number of nitrogens with zero attached hydrogens (tertiary/aromatic N) is 2. The number of benzene rings is 1. The Bertz CT molecular complexity index is 653. The van der Waals surface area contributed by atoms with E-state index in [0.29, 0.717) is 5.16 Å². The van der Waals surface area contributed by atoms with Gasteiger partial charge in [-0.25, -0.2) is 9.37 Å². The molecule has 1 heterocycles. The SMILES string of the molecule is CC(C)c1cnc(SCC(=O)O)n1-c1c(F)cccc1Cl.